The highest BCUT2D eigenvalue weighted by molar-refractivity contribution is 7.89. The van der Waals surface area contributed by atoms with Crippen LogP contribution in [-0.4, -0.2) is 43.3 Å². The molecule has 3 rings (SSSR count). The molecule has 1 unspecified atom stereocenters. The Morgan fingerprint density at radius 3 is 2.60 bits per heavy atom. The van der Waals surface area contributed by atoms with Gasteiger partial charge in [0.15, 0.2) is 5.78 Å². The van der Waals surface area contributed by atoms with E-state index < -0.39 is 15.9 Å². The number of hydrogen-bond acceptors (Lipinski definition) is 4. The van der Waals surface area contributed by atoms with E-state index in [0.717, 1.165) is 5.56 Å². The Hall–Kier alpha value is -2.51. The molecule has 0 radical (unpaired) electrons. The molecule has 1 fully saturated rings. The largest absolute Gasteiger partial charge is 0.326 e. The first-order valence-electron chi connectivity index (χ1n) is 10.3. The molecular formula is C23H28N2O4S. The van der Waals surface area contributed by atoms with Crippen molar-refractivity contribution in [1.29, 1.82) is 0 Å². The molecule has 1 atom stereocenters. The summed E-state index contributed by atoms with van der Waals surface area (Å²) in [6.45, 7) is 2.13. The van der Waals surface area contributed by atoms with E-state index in [1.54, 1.807) is 24.3 Å². The lowest BCUT2D eigenvalue weighted by atomic mass is 9.98. The Bertz CT molecular complexity index is 989. The third-order valence-electron chi connectivity index (χ3n) is 5.40. The Labute approximate surface area is 178 Å². The molecule has 1 amide bonds. The number of rotatable bonds is 8. The monoisotopic (exact) mass is 428 g/mol. The van der Waals surface area contributed by atoms with Gasteiger partial charge >= 0.3 is 0 Å². The number of ketones is 1. The molecule has 0 spiro atoms. The van der Waals surface area contributed by atoms with Crippen molar-refractivity contribution in [2.24, 2.45) is 5.92 Å². The van der Waals surface area contributed by atoms with Crippen LogP contribution in [0.2, 0.25) is 0 Å². The van der Waals surface area contributed by atoms with Crippen LogP contribution >= 0.6 is 0 Å². The standard InChI is InChI=1S/C23H28N2O4S/c1-18(26)20-11-5-13-22(16-20)24-23(27)21-12-6-14-25(17-21)30(28,29)15-7-10-19-8-3-2-4-9-19/h2-5,8-9,11,13,16,21H,6-7,10,12,14-15,17H2,1H3,(H,24,27). The van der Waals surface area contributed by atoms with Gasteiger partial charge < -0.3 is 5.32 Å². The zero-order valence-corrected chi connectivity index (χ0v) is 18.0. The van der Waals surface area contributed by atoms with E-state index in [1.807, 2.05) is 30.3 Å². The van der Waals surface area contributed by atoms with Crippen molar-refractivity contribution in [3.05, 3.63) is 65.7 Å². The molecule has 1 aliphatic rings. The summed E-state index contributed by atoms with van der Waals surface area (Å²) in [5, 5.41) is 2.83. The summed E-state index contributed by atoms with van der Waals surface area (Å²) in [4.78, 5) is 24.2. The molecule has 7 heteroatoms. The highest BCUT2D eigenvalue weighted by atomic mass is 32.2. The van der Waals surface area contributed by atoms with Crippen LogP contribution in [0.5, 0.6) is 0 Å². The van der Waals surface area contributed by atoms with Crippen LogP contribution in [0.3, 0.4) is 0 Å². The maximum absolute atomic E-state index is 12.8. The van der Waals surface area contributed by atoms with Crippen molar-refractivity contribution in [3.63, 3.8) is 0 Å². The molecule has 6 nitrogen and oxygen atoms in total. The minimum Gasteiger partial charge on any atom is -0.326 e. The maximum Gasteiger partial charge on any atom is 0.228 e. The summed E-state index contributed by atoms with van der Waals surface area (Å²) in [5.41, 5.74) is 2.20. The number of sulfonamides is 1. The van der Waals surface area contributed by atoms with Crippen molar-refractivity contribution in [2.75, 3.05) is 24.2 Å². The molecule has 2 aromatic carbocycles. The fourth-order valence-corrected chi connectivity index (χ4v) is 5.28. The number of piperidine rings is 1. The number of carbonyl (C=O) groups excluding carboxylic acids is 2. The number of amides is 1. The molecule has 1 aliphatic heterocycles. The summed E-state index contributed by atoms with van der Waals surface area (Å²) < 4.78 is 27.0. The lowest BCUT2D eigenvalue weighted by Gasteiger charge is -2.31. The third-order valence-corrected chi connectivity index (χ3v) is 7.32. The van der Waals surface area contributed by atoms with E-state index in [4.69, 9.17) is 0 Å². The molecule has 0 bridgehead atoms. The molecule has 1 heterocycles. The Morgan fingerprint density at radius 1 is 1.10 bits per heavy atom. The number of benzene rings is 2. The van der Waals surface area contributed by atoms with Gasteiger partial charge in [-0.3, -0.25) is 9.59 Å². The number of nitrogens with zero attached hydrogens (tertiary/aromatic N) is 1. The summed E-state index contributed by atoms with van der Waals surface area (Å²) >= 11 is 0. The second-order valence-corrected chi connectivity index (χ2v) is 9.82. The first-order valence-corrected chi connectivity index (χ1v) is 11.9. The van der Waals surface area contributed by atoms with Gasteiger partial charge in [-0.15, -0.1) is 0 Å². The van der Waals surface area contributed by atoms with E-state index in [1.165, 1.54) is 11.2 Å². The Kier molecular flexibility index (Phi) is 7.39. The van der Waals surface area contributed by atoms with Gasteiger partial charge in [-0.2, -0.15) is 0 Å². The predicted molar refractivity (Wildman–Crippen MR) is 118 cm³/mol. The fourth-order valence-electron chi connectivity index (χ4n) is 3.70. The molecule has 0 aliphatic carbocycles. The number of nitrogens with one attached hydrogen (secondary N) is 1. The molecular weight excluding hydrogens is 400 g/mol. The summed E-state index contributed by atoms with van der Waals surface area (Å²) in [5.74, 6) is -0.600. The van der Waals surface area contributed by atoms with E-state index in [2.05, 4.69) is 5.32 Å². The minimum atomic E-state index is -3.40. The van der Waals surface area contributed by atoms with Crippen molar-refractivity contribution < 1.29 is 18.0 Å². The predicted octanol–water partition coefficient (Wildman–Crippen LogP) is 3.50. The average molecular weight is 429 g/mol. The number of anilines is 1. The van der Waals surface area contributed by atoms with Crippen LogP contribution in [0, 0.1) is 5.92 Å². The summed E-state index contributed by atoms with van der Waals surface area (Å²) in [6.07, 6.45) is 2.57. The molecule has 160 valence electrons. The van der Waals surface area contributed by atoms with Crippen LogP contribution in [0.15, 0.2) is 54.6 Å². The van der Waals surface area contributed by atoms with Crippen molar-refractivity contribution in [1.82, 2.24) is 4.31 Å². The van der Waals surface area contributed by atoms with Gasteiger partial charge in [0.25, 0.3) is 0 Å². The van der Waals surface area contributed by atoms with E-state index in [9.17, 15) is 18.0 Å². The fraction of sp³-hybridized carbons (Fsp3) is 0.391. The smallest absolute Gasteiger partial charge is 0.228 e. The van der Waals surface area contributed by atoms with Crippen molar-refractivity contribution in [2.45, 2.75) is 32.6 Å². The van der Waals surface area contributed by atoms with Crippen molar-refractivity contribution in [3.8, 4) is 0 Å². The number of Topliss-reactive ketones (excluding diaryl/α,β-unsaturated/α-hetero) is 1. The average Bonchev–Trinajstić information content (AvgIpc) is 2.74. The van der Waals surface area contributed by atoms with Gasteiger partial charge in [-0.05, 0) is 50.3 Å². The van der Waals surface area contributed by atoms with Crippen molar-refractivity contribution >= 4 is 27.4 Å². The molecule has 0 aromatic heterocycles. The van der Waals surface area contributed by atoms with Gasteiger partial charge in [0.1, 0.15) is 0 Å². The molecule has 1 saturated heterocycles. The number of hydrogen-bond donors (Lipinski definition) is 1. The van der Waals surface area contributed by atoms with Gasteiger partial charge in [0.05, 0.1) is 11.7 Å². The van der Waals surface area contributed by atoms with Crippen LogP contribution in [0.1, 0.15) is 42.1 Å². The first-order chi connectivity index (χ1) is 14.3. The van der Waals surface area contributed by atoms with Crippen LogP contribution < -0.4 is 5.32 Å². The molecule has 30 heavy (non-hydrogen) atoms. The van der Waals surface area contributed by atoms with Gasteiger partial charge in [-0.25, -0.2) is 12.7 Å². The highest BCUT2D eigenvalue weighted by Crippen LogP contribution is 2.22. The second-order valence-electron chi connectivity index (χ2n) is 7.73. The number of aryl methyl sites for hydroxylation is 1. The van der Waals surface area contributed by atoms with E-state index in [-0.39, 0.29) is 24.0 Å². The van der Waals surface area contributed by atoms with Gasteiger partial charge in [-0.1, -0.05) is 42.5 Å². The topological polar surface area (TPSA) is 83.6 Å². The number of carbonyl (C=O) groups is 2. The molecule has 0 saturated carbocycles. The lowest BCUT2D eigenvalue weighted by molar-refractivity contribution is -0.120. The molecule has 1 N–H and O–H groups in total. The Morgan fingerprint density at radius 2 is 1.87 bits per heavy atom. The van der Waals surface area contributed by atoms with E-state index >= 15 is 0 Å². The highest BCUT2D eigenvalue weighted by Gasteiger charge is 2.32. The van der Waals surface area contributed by atoms with Crippen LogP contribution in [-0.2, 0) is 21.2 Å². The first kappa shape index (κ1) is 22.2. The zero-order chi connectivity index (χ0) is 21.6. The normalized spacial score (nSPS) is 17.4. The summed E-state index contributed by atoms with van der Waals surface area (Å²) in [7, 11) is -3.40. The van der Waals surface area contributed by atoms with Crippen LogP contribution in [0.25, 0.3) is 0 Å². The van der Waals surface area contributed by atoms with Crippen LogP contribution in [0.4, 0.5) is 5.69 Å². The summed E-state index contributed by atoms with van der Waals surface area (Å²) in [6, 6.07) is 16.6. The zero-order valence-electron chi connectivity index (χ0n) is 17.2. The van der Waals surface area contributed by atoms with E-state index in [0.29, 0.717) is 43.5 Å². The quantitative estimate of drug-likeness (QED) is 0.652. The maximum atomic E-state index is 12.8. The third kappa shape index (κ3) is 6.00. The lowest BCUT2D eigenvalue weighted by Crippen LogP contribution is -2.44. The van der Waals surface area contributed by atoms with Gasteiger partial charge in [0.2, 0.25) is 15.9 Å². The SMILES string of the molecule is CC(=O)c1cccc(NC(=O)C2CCCN(S(=O)(=O)CCCc3ccccc3)C2)c1. The van der Waals surface area contributed by atoms with Gasteiger partial charge in [0, 0.05) is 24.3 Å². The Balaban J connectivity index is 1.56. The minimum absolute atomic E-state index is 0.0727. The molecule has 2 aromatic rings. The second kappa shape index (κ2) is 10.00.